The summed E-state index contributed by atoms with van der Waals surface area (Å²) in [6, 6.07) is 17.4. The number of ether oxygens (including phenoxy) is 3. The normalized spacial score (nSPS) is 12.8. The van der Waals surface area contributed by atoms with Crippen LogP contribution in [0.3, 0.4) is 0 Å². The van der Waals surface area contributed by atoms with Gasteiger partial charge in [0.2, 0.25) is 26.6 Å². The second-order valence-corrected chi connectivity index (χ2v) is 9.86. The van der Waals surface area contributed by atoms with Crippen LogP contribution in [0.1, 0.15) is 5.56 Å². The number of fused-ring (bicyclic) bond motifs is 1. The Labute approximate surface area is 207 Å². The molecule has 0 unspecified atom stereocenters. The van der Waals surface area contributed by atoms with Crippen LogP contribution in [0, 0.1) is 5.82 Å². The van der Waals surface area contributed by atoms with Crippen LogP contribution >= 0.6 is 0 Å². The van der Waals surface area contributed by atoms with E-state index in [0.717, 1.165) is 11.3 Å². The second-order valence-electron chi connectivity index (χ2n) is 7.99. The fraction of sp³-hybridized carbons (Fsp3) is 0.192. The summed E-state index contributed by atoms with van der Waals surface area (Å²) in [7, 11) is -2.50. The van der Waals surface area contributed by atoms with Gasteiger partial charge < -0.3 is 23.9 Å². The maximum atomic E-state index is 13.6. The van der Waals surface area contributed by atoms with Gasteiger partial charge in [0.1, 0.15) is 24.8 Å². The molecule has 0 saturated heterocycles. The van der Waals surface area contributed by atoms with E-state index in [1.807, 2.05) is 24.3 Å². The van der Waals surface area contributed by atoms with Gasteiger partial charge in [-0.05, 0) is 60.5 Å². The first-order valence-corrected chi connectivity index (χ1v) is 12.7. The Kier molecular flexibility index (Phi) is 6.51. The lowest BCUT2D eigenvalue weighted by Gasteiger charge is -2.18. The van der Waals surface area contributed by atoms with E-state index in [4.69, 9.17) is 18.6 Å². The molecule has 1 aliphatic rings. The summed E-state index contributed by atoms with van der Waals surface area (Å²) >= 11 is 0. The van der Waals surface area contributed by atoms with E-state index in [9.17, 15) is 12.8 Å². The van der Waals surface area contributed by atoms with E-state index in [1.165, 1.54) is 36.4 Å². The van der Waals surface area contributed by atoms with Gasteiger partial charge in [0.05, 0.1) is 12.0 Å². The molecule has 5 rings (SSSR count). The summed E-state index contributed by atoms with van der Waals surface area (Å²) in [6.45, 7) is 1.10. The van der Waals surface area contributed by atoms with Crippen LogP contribution in [-0.2, 0) is 16.3 Å². The average molecular weight is 511 g/mol. The predicted molar refractivity (Wildman–Crippen MR) is 130 cm³/mol. The molecular formula is C26H23FN2O6S. The Bertz CT molecular complexity index is 1470. The summed E-state index contributed by atoms with van der Waals surface area (Å²) in [5.41, 5.74) is 1.47. The first-order valence-electron chi connectivity index (χ1n) is 11.2. The lowest BCUT2D eigenvalue weighted by Crippen LogP contribution is -2.16. The Morgan fingerprint density at radius 2 is 1.69 bits per heavy atom. The minimum Gasteiger partial charge on any atom is -0.497 e. The molecule has 10 heteroatoms. The van der Waals surface area contributed by atoms with Crippen molar-refractivity contribution < 1.29 is 31.4 Å². The summed E-state index contributed by atoms with van der Waals surface area (Å²) < 4.78 is 62.7. The maximum Gasteiger partial charge on any atom is 0.233 e. The summed E-state index contributed by atoms with van der Waals surface area (Å²) in [4.78, 5) is 4.28. The van der Waals surface area contributed by atoms with Gasteiger partial charge in [-0.25, -0.2) is 12.8 Å². The molecule has 1 N–H and O–H groups in total. The largest absolute Gasteiger partial charge is 0.497 e. The van der Waals surface area contributed by atoms with Crippen molar-refractivity contribution in [2.24, 2.45) is 0 Å². The molecule has 4 aromatic rings. The number of halogens is 1. The van der Waals surface area contributed by atoms with Crippen molar-refractivity contribution in [1.29, 1.82) is 0 Å². The topological polar surface area (TPSA) is 99.9 Å². The molecule has 0 atom stereocenters. The highest BCUT2D eigenvalue weighted by atomic mass is 32.2. The molecule has 1 aliphatic heterocycles. The number of methoxy groups -OCH3 is 1. The Morgan fingerprint density at radius 1 is 0.972 bits per heavy atom. The van der Waals surface area contributed by atoms with Gasteiger partial charge in [0, 0.05) is 18.2 Å². The number of nitrogens with zero attached hydrogens (tertiary/aromatic N) is 1. The third-order valence-corrected chi connectivity index (χ3v) is 7.28. The fourth-order valence-electron chi connectivity index (χ4n) is 3.73. The summed E-state index contributed by atoms with van der Waals surface area (Å²) in [5.74, 6) is 1.20. The van der Waals surface area contributed by atoms with Crippen LogP contribution in [0.25, 0.3) is 11.5 Å². The van der Waals surface area contributed by atoms with Crippen molar-refractivity contribution in [3.05, 3.63) is 78.1 Å². The van der Waals surface area contributed by atoms with Gasteiger partial charge in [-0.15, -0.1) is 0 Å². The zero-order chi connectivity index (χ0) is 25.1. The SMILES string of the molecule is COc1ccc(CCNc2oc(-c3ccc(F)cc3)nc2S(=O)(=O)c2ccc3c(c2)OCCO3)cc1. The number of hydrogen-bond acceptors (Lipinski definition) is 8. The van der Waals surface area contributed by atoms with Gasteiger partial charge in [0.25, 0.3) is 0 Å². The number of aromatic nitrogens is 1. The van der Waals surface area contributed by atoms with Crippen molar-refractivity contribution in [3.8, 4) is 28.7 Å². The smallest absolute Gasteiger partial charge is 0.233 e. The van der Waals surface area contributed by atoms with Gasteiger partial charge in [-0.3, -0.25) is 0 Å². The Balaban J connectivity index is 1.46. The highest BCUT2D eigenvalue weighted by molar-refractivity contribution is 7.91. The molecule has 0 bridgehead atoms. The van der Waals surface area contributed by atoms with Crippen LogP contribution in [0.4, 0.5) is 10.3 Å². The quantitative estimate of drug-likeness (QED) is 0.363. The number of rotatable bonds is 8. The maximum absolute atomic E-state index is 13.6. The Hall–Kier alpha value is -4.05. The van der Waals surface area contributed by atoms with Crippen molar-refractivity contribution in [3.63, 3.8) is 0 Å². The number of hydrogen-bond donors (Lipinski definition) is 1. The first kappa shape index (κ1) is 23.7. The highest BCUT2D eigenvalue weighted by Gasteiger charge is 2.30. The molecule has 1 aromatic heterocycles. The highest BCUT2D eigenvalue weighted by Crippen LogP contribution is 2.37. The average Bonchev–Trinajstić information content (AvgIpc) is 3.34. The van der Waals surface area contributed by atoms with E-state index >= 15 is 0 Å². The van der Waals surface area contributed by atoms with Gasteiger partial charge in [-0.1, -0.05) is 12.1 Å². The third-order valence-electron chi connectivity index (χ3n) is 5.62. The fourth-order valence-corrected chi connectivity index (χ4v) is 5.02. The third kappa shape index (κ3) is 4.85. The lowest BCUT2D eigenvalue weighted by molar-refractivity contribution is 0.171. The molecule has 36 heavy (non-hydrogen) atoms. The molecule has 0 spiro atoms. The van der Waals surface area contributed by atoms with E-state index < -0.39 is 15.7 Å². The number of nitrogens with one attached hydrogen (secondary N) is 1. The number of benzene rings is 3. The summed E-state index contributed by atoms with van der Waals surface area (Å²) in [5, 5.41) is 2.79. The van der Waals surface area contributed by atoms with Crippen molar-refractivity contribution in [1.82, 2.24) is 4.98 Å². The second kappa shape index (κ2) is 9.90. The van der Waals surface area contributed by atoms with Crippen molar-refractivity contribution in [2.75, 3.05) is 32.2 Å². The zero-order valence-corrected chi connectivity index (χ0v) is 20.2. The molecule has 3 aromatic carbocycles. The van der Waals surface area contributed by atoms with Crippen LogP contribution in [0.15, 0.2) is 81.1 Å². The van der Waals surface area contributed by atoms with E-state index in [2.05, 4.69) is 10.3 Å². The standard InChI is InChI=1S/C26H23FN2O6S/c1-32-20-8-2-17(3-9-20)12-13-28-25-26(29-24(35-25)18-4-6-19(27)7-5-18)36(30,31)21-10-11-22-23(16-21)34-15-14-33-22/h2-11,16,28H,12-15H2,1H3. The van der Waals surface area contributed by atoms with Crippen molar-refractivity contribution in [2.45, 2.75) is 16.3 Å². The summed E-state index contributed by atoms with van der Waals surface area (Å²) in [6.07, 6.45) is 0.597. The van der Waals surface area contributed by atoms with Crippen LogP contribution in [-0.4, -0.2) is 40.3 Å². The van der Waals surface area contributed by atoms with E-state index in [-0.39, 0.29) is 21.7 Å². The molecule has 0 amide bonds. The molecule has 8 nitrogen and oxygen atoms in total. The van der Waals surface area contributed by atoms with Gasteiger partial charge >= 0.3 is 0 Å². The molecular weight excluding hydrogens is 487 g/mol. The van der Waals surface area contributed by atoms with Gasteiger partial charge in [-0.2, -0.15) is 4.98 Å². The lowest BCUT2D eigenvalue weighted by atomic mass is 10.1. The van der Waals surface area contributed by atoms with E-state index in [1.54, 1.807) is 13.2 Å². The number of oxazole rings is 1. The van der Waals surface area contributed by atoms with Crippen LogP contribution in [0.5, 0.6) is 17.2 Å². The van der Waals surface area contributed by atoms with Gasteiger partial charge in [0.15, 0.2) is 11.5 Å². The van der Waals surface area contributed by atoms with Crippen LogP contribution in [0.2, 0.25) is 0 Å². The molecule has 2 heterocycles. The molecule has 0 radical (unpaired) electrons. The zero-order valence-electron chi connectivity index (χ0n) is 19.4. The first-order chi connectivity index (χ1) is 17.4. The number of sulfone groups is 1. The van der Waals surface area contributed by atoms with Crippen LogP contribution < -0.4 is 19.5 Å². The minimum absolute atomic E-state index is 0.00211. The number of anilines is 1. The van der Waals surface area contributed by atoms with E-state index in [0.29, 0.717) is 43.2 Å². The molecule has 186 valence electrons. The Morgan fingerprint density at radius 3 is 2.42 bits per heavy atom. The predicted octanol–water partition coefficient (Wildman–Crippen LogP) is 4.75. The van der Waals surface area contributed by atoms with Crippen molar-refractivity contribution >= 4 is 15.7 Å². The monoisotopic (exact) mass is 510 g/mol. The molecule has 0 fully saturated rings. The minimum atomic E-state index is -4.10. The molecule has 0 aliphatic carbocycles. The molecule has 0 saturated carbocycles.